The number of nitrogens with zero attached hydrogens (tertiary/aromatic N) is 2. The predicted molar refractivity (Wildman–Crippen MR) is 79.8 cm³/mol. The Bertz CT molecular complexity index is 773. The quantitative estimate of drug-likeness (QED) is 0.923. The first-order chi connectivity index (χ1) is 9.86. The number of ether oxygens (including phenoxy) is 1. The molecule has 2 rings (SSSR count). The summed E-state index contributed by atoms with van der Waals surface area (Å²) in [5, 5.41) is 0. The molecule has 0 atom stereocenters. The number of rotatable bonds is 4. The molecule has 0 spiro atoms. The lowest BCUT2D eigenvalue weighted by Crippen LogP contribution is -2.11. The molecule has 2 aromatic rings. The Morgan fingerprint density at radius 1 is 1.29 bits per heavy atom. The Morgan fingerprint density at radius 3 is 2.62 bits per heavy atom. The van der Waals surface area contributed by atoms with Gasteiger partial charge in [0.25, 0.3) is 0 Å². The van der Waals surface area contributed by atoms with Crippen LogP contribution in [0, 0.1) is 13.8 Å². The zero-order chi connectivity index (χ0) is 15.6. The van der Waals surface area contributed by atoms with Crippen molar-refractivity contribution in [3.8, 4) is 5.75 Å². The first-order valence-corrected chi connectivity index (χ1v) is 7.93. The van der Waals surface area contributed by atoms with Gasteiger partial charge in [-0.3, -0.25) is 9.97 Å². The largest absolute Gasteiger partial charge is 0.496 e. The van der Waals surface area contributed by atoms with Gasteiger partial charge in [-0.05, 0) is 19.9 Å². The molecule has 21 heavy (non-hydrogen) atoms. The normalized spacial score (nSPS) is 11.4. The van der Waals surface area contributed by atoms with E-state index >= 15 is 0 Å². The lowest BCUT2D eigenvalue weighted by Gasteiger charge is -2.13. The number of anilines is 1. The second-order valence-corrected chi connectivity index (χ2v) is 6.68. The van der Waals surface area contributed by atoms with E-state index < -0.39 is 9.84 Å². The summed E-state index contributed by atoms with van der Waals surface area (Å²) in [5.41, 5.74) is 7.85. The topological polar surface area (TPSA) is 95.2 Å². The maximum absolute atomic E-state index is 12.5. The van der Waals surface area contributed by atoms with Crippen LogP contribution in [0.3, 0.4) is 0 Å². The number of pyridine rings is 2. The molecule has 0 aliphatic heterocycles. The second kappa shape index (κ2) is 5.69. The van der Waals surface area contributed by atoms with Crippen molar-refractivity contribution in [3.05, 3.63) is 41.5 Å². The fraction of sp³-hybridized carbons (Fsp3) is 0.286. The number of nitrogens with two attached hydrogens (primary N) is 1. The minimum Gasteiger partial charge on any atom is -0.496 e. The molecule has 112 valence electrons. The highest BCUT2D eigenvalue weighted by Crippen LogP contribution is 2.27. The molecule has 7 heteroatoms. The third kappa shape index (κ3) is 2.97. The first-order valence-electron chi connectivity index (χ1n) is 6.28. The number of sulfone groups is 1. The highest BCUT2D eigenvalue weighted by Gasteiger charge is 2.21. The molecule has 0 fully saturated rings. The zero-order valence-electron chi connectivity index (χ0n) is 12.1. The van der Waals surface area contributed by atoms with Gasteiger partial charge in [-0.2, -0.15) is 0 Å². The minimum atomic E-state index is -3.59. The molecule has 0 aliphatic rings. The summed E-state index contributed by atoms with van der Waals surface area (Å²) in [5.74, 6) is 0.418. The van der Waals surface area contributed by atoms with Crippen LogP contribution in [0.4, 0.5) is 5.69 Å². The van der Waals surface area contributed by atoms with Crippen molar-refractivity contribution in [2.45, 2.75) is 24.5 Å². The molecule has 0 radical (unpaired) electrons. The van der Waals surface area contributed by atoms with Crippen LogP contribution in [-0.2, 0) is 15.6 Å². The average Bonchev–Trinajstić information content (AvgIpc) is 2.43. The highest BCUT2D eigenvalue weighted by atomic mass is 32.2. The summed E-state index contributed by atoms with van der Waals surface area (Å²) in [6.45, 7) is 3.65. The third-order valence-electron chi connectivity index (χ3n) is 3.22. The molecule has 2 aromatic heterocycles. The fourth-order valence-electron chi connectivity index (χ4n) is 2.15. The summed E-state index contributed by atoms with van der Waals surface area (Å²) >= 11 is 0. The summed E-state index contributed by atoms with van der Waals surface area (Å²) in [6.07, 6.45) is 4.33. The van der Waals surface area contributed by atoms with Gasteiger partial charge in [0.05, 0.1) is 35.3 Å². The van der Waals surface area contributed by atoms with Crippen molar-refractivity contribution < 1.29 is 13.2 Å². The van der Waals surface area contributed by atoms with E-state index in [0.717, 1.165) is 5.56 Å². The molecular weight excluding hydrogens is 290 g/mol. The van der Waals surface area contributed by atoms with E-state index in [1.54, 1.807) is 20.2 Å². The van der Waals surface area contributed by atoms with Crippen molar-refractivity contribution in [2.75, 3.05) is 12.8 Å². The van der Waals surface area contributed by atoms with E-state index in [-0.39, 0.29) is 16.3 Å². The number of hydrogen-bond acceptors (Lipinski definition) is 6. The Morgan fingerprint density at radius 2 is 2.00 bits per heavy atom. The lowest BCUT2D eigenvalue weighted by atomic mass is 10.1. The van der Waals surface area contributed by atoms with Gasteiger partial charge in [-0.1, -0.05) is 0 Å². The van der Waals surface area contributed by atoms with Crippen molar-refractivity contribution in [3.63, 3.8) is 0 Å². The molecular formula is C14H17N3O3S. The molecule has 0 saturated heterocycles. The van der Waals surface area contributed by atoms with Crippen LogP contribution in [0.5, 0.6) is 5.75 Å². The molecule has 0 bridgehead atoms. The molecule has 0 saturated carbocycles. The second-order valence-electron chi connectivity index (χ2n) is 4.72. The number of nitrogen functional groups attached to an aromatic ring is 1. The summed E-state index contributed by atoms with van der Waals surface area (Å²) in [4.78, 5) is 8.08. The first kappa shape index (κ1) is 15.2. The van der Waals surface area contributed by atoms with Crippen LogP contribution in [0.2, 0.25) is 0 Å². The minimum absolute atomic E-state index is 0.0678. The van der Waals surface area contributed by atoms with Crippen LogP contribution >= 0.6 is 0 Å². The van der Waals surface area contributed by atoms with Gasteiger partial charge in [-0.25, -0.2) is 8.42 Å². The van der Waals surface area contributed by atoms with Crippen LogP contribution in [0.15, 0.2) is 29.6 Å². The Hall–Kier alpha value is -2.15. The third-order valence-corrected chi connectivity index (χ3v) is 4.92. The number of aryl methyl sites for hydroxylation is 1. The van der Waals surface area contributed by atoms with E-state index in [0.29, 0.717) is 17.0 Å². The zero-order valence-corrected chi connectivity index (χ0v) is 12.9. The Balaban J connectivity index is 2.45. The van der Waals surface area contributed by atoms with Crippen molar-refractivity contribution in [2.24, 2.45) is 0 Å². The van der Waals surface area contributed by atoms with Crippen LogP contribution in [-0.4, -0.2) is 25.5 Å². The average molecular weight is 307 g/mol. The smallest absolute Gasteiger partial charge is 0.186 e. The van der Waals surface area contributed by atoms with Crippen molar-refractivity contribution in [1.29, 1.82) is 0 Å². The van der Waals surface area contributed by atoms with E-state index in [1.807, 2.05) is 6.92 Å². The van der Waals surface area contributed by atoms with Gasteiger partial charge in [0.2, 0.25) is 0 Å². The van der Waals surface area contributed by atoms with Gasteiger partial charge in [0.1, 0.15) is 5.75 Å². The van der Waals surface area contributed by atoms with Crippen LogP contribution in [0.25, 0.3) is 0 Å². The standard InChI is InChI=1S/C14H17N3O3S/c1-9-6-17-12(10(2)14(9)20-3)8-21(18,19)13-4-5-16-7-11(13)15/h4-7H,8,15H2,1-3H3. The summed E-state index contributed by atoms with van der Waals surface area (Å²) < 4.78 is 30.2. The van der Waals surface area contributed by atoms with E-state index in [1.165, 1.54) is 18.5 Å². The van der Waals surface area contributed by atoms with Crippen molar-refractivity contribution >= 4 is 15.5 Å². The fourth-order valence-corrected chi connectivity index (χ4v) is 3.64. The van der Waals surface area contributed by atoms with E-state index in [4.69, 9.17) is 10.5 Å². The van der Waals surface area contributed by atoms with E-state index in [2.05, 4.69) is 9.97 Å². The maximum Gasteiger partial charge on any atom is 0.186 e. The summed E-state index contributed by atoms with van der Waals surface area (Å²) in [7, 11) is -2.04. The molecule has 0 amide bonds. The van der Waals surface area contributed by atoms with Gasteiger partial charge < -0.3 is 10.5 Å². The van der Waals surface area contributed by atoms with Gasteiger partial charge in [-0.15, -0.1) is 0 Å². The van der Waals surface area contributed by atoms with Crippen molar-refractivity contribution in [1.82, 2.24) is 9.97 Å². The summed E-state index contributed by atoms with van der Waals surface area (Å²) in [6, 6.07) is 1.39. The lowest BCUT2D eigenvalue weighted by molar-refractivity contribution is 0.407. The molecule has 0 aliphatic carbocycles. The molecule has 2 N–H and O–H groups in total. The SMILES string of the molecule is COc1c(C)cnc(CS(=O)(=O)c2ccncc2N)c1C. The van der Waals surface area contributed by atoms with Gasteiger partial charge in [0, 0.05) is 23.5 Å². The Labute approximate surface area is 123 Å². The highest BCUT2D eigenvalue weighted by molar-refractivity contribution is 7.90. The Kier molecular flexibility index (Phi) is 4.13. The van der Waals surface area contributed by atoms with Gasteiger partial charge >= 0.3 is 0 Å². The van der Waals surface area contributed by atoms with Crippen LogP contribution in [0.1, 0.15) is 16.8 Å². The number of aromatic nitrogens is 2. The number of hydrogen-bond donors (Lipinski definition) is 1. The molecule has 0 aromatic carbocycles. The monoisotopic (exact) mass is 307 g/mol. The molecule has 6 nitrogen and oxygen atoms in total. The molecule has 0 unspecified atom stereocenters. The molecule has 2 heterocycles. The van der Waals surface area contributed by atoms with E-state index in [9.17, 15) is 8.42 Å². The van der Waals surface area contributed by atoms with Crippen LogP contribution < -0.4 is 10.5 Å². The van der Waals surface area contributed by atoms with Gasteiger partial charge in [0.15, 0.2) is 9.84 Å². The number of methoxy groups -OCH3 is 1. The maximum atomic E-state index is 12.5. The predicted octanol–water partition coefficient (Wildman–Crippen LogP) is 1.66.